The summed E-state index contributed by atoms with van der Waals surface area (Å²) in [5.41, 5.74) is 3.33. The Kier molecular flexibility index (Phi) is 4.56. The Morgan fingerprint density at radius 1 is 1.35 bits per heavy atom. The molecule has 0 spiro atoms. The number of fused-ring (bicyclic) bond motifs is 1. The Labute approximate surface area is 145 Å². The summed E-state index contributed by atoms with van der Waals surface area (Å²) in [6, 6.07) is 11.2. The molecule has 3 aromatic rings. The molecule has 2 heterocycles. The summed E-state index contributed by atoms with van der Waals surface area (Å²) in [6.45, 7) is 0.717. The summed E-state index contributed by atoms with van der Waals surface area (Å²) >= 11 is 1.66. The number of thiazole rings is 1. The Morgan fingerprint density at radius 3 is 2.96 bits per heavy atom. The number of nitrogens with zero attached hydrogens (tertiary/aromatic N) is 3. The van der Waals surface area contributed by atoms with E-state index < -0.39 is 0 Å². The zero-order valence-corrected chi connectivity index (χ0v) is 14.2. The van der Waals surface area contributed by atoms with Crippen LogP contribution in [0.4, 0.5) is 5.13 Å². The number of para-hydroxylation sites is 1. The largest absolute Gasteiger partial charge is 0.359 e. The third kappa shape index (κ3) is 3.19. The highest BCUT2D eigenvalue weighted by atomic mass is 35.5. The van der Waals surface area contributed by atoms with E-state index in [1.165, 1.54) is 18.2 Å². The molecule has 1 fully saturated rings. The summed E-state index contributed by atoms with van der Waals surface area (Å²) in [6.07, 6.45) is 5.15. The maximum atomic E-state index is 8.83. The molecule has 1 saturated carbocycles. The molecule has 0 unspecified atom stereocenters. The Hall–Kier alpha value is -2.03. The van der Waals surface area contributed by atoms with Gasteiger partial charge >= 0.3 is 0 Å². The lowest BCUT2D eigenvalue weighted by Crippen LogP contribution is -1.99. The number of halogens is 1. The zero-order chi connectivity index (χ0) is 14.9. The number of nitriles is 1. The van der Waals surface area contributed by atoms with Crippen LogP contribution in [-0.2, 0) is 6.54 Å². The number of anilines is 1. The molecule has 0 amide bonds. The van der Waals surface area contributed by atoms with Gasteiger partial charge in [-0.15, -0.1) is 23.7 Å². The molecule has 23 heavy (non-hydrogen) atoms. The molecule has 1 N–H and O–H groups in total. The first-order valence-corrected chi connectivity index (χ1v) is 8.40. The van der Waals surface area contributed by atoms with Crippen LogP contribution >= 0.6 is 23.7 Å². The smallest absolute Gasteiger partial charge is 0.183 e. The van der Waals surface area contributed by atoms with E-state index in [2.05, 4.69) is 45.7 Å². The van der Waals surface area contributed by atoms with E-state index in [0.29, 0.717) is 19.0 Å². The van der Waals surface area contributed by atoms with Crippen molar-refractivity contribution in [3.8, 4) is 17.3 Å². The van der Waals surface area contributed by atoms with Crippen LogP contribution in [0.25, 0.3) is 22.2 Å². The molecule has 0 bridgehead atoms. The van der Waals surface area contributed by atoms with E-state index in [-0.39, 0.29) is 12.4 Å². The van der Waals surface area contributed by atoms with Crippen LogP contribution in [0.1, 0.15) is 19.3 Å². The number of aryl methyl sites for hydroxylation is 1. The van der Waals surface area contributed by atoms with Crippen LogP contribution < -0.4 is 5.32 Å². The van der Waals surface area contributed by atoms with Crippen LogP contribution in [0.2, 0.25) is 0 Å². The molecule has 4 rings (SSSR count). The Morgan fingerprint density at radius 2 is 2.17 bits per heavy atom. The van der Waals surface area contributed by atoms with Crippen molar-refractivity contribution in [2.75, 3.05) is 5.32 Å². The molecule has 1 aliphatic carbocycles. The molecular weight excluding hydrogens is 328 g/mol. The minimum absolute atomic E-state index is 0. The highest BCUT2D eigenvalue weighted by Gasteiger charge is 2.22. The number of nitrogens with one attached hydrogen (secondary N) is 1. The normalized spacial score (nSPS) is 13.5. The summed E-state index contributed by atoms with van der Waals surface area (Å²) in [5, 5.41) is 16.6. The van der Waals surface area contributed by atoms with Gasteiger partial charge in [0.05, 0.1) is 18.2 Å². The number of hydrogen-bond acceptors (Lipinski definition) is 4. The predicted octanol–water partition coefficient (Wildman–Crippen LogP) is 4.67. The molecule has 0 saturated heterocycles. The summed E-state index contributed by atoms with van der Waals surface area (Å²) < 4.78 is 2.15. The van der Waals surface area contributed by atoms with E-state index in [9.17, 15) is 0 Å². The first-order valence-electron chi connectivity index (χ1n) is 7.52. The summed E-state index contributed by atoms with van der Waals surface area (Å²) in [5.74, 6) is 0. The fraction of sp³-hybridized carbons (Fsp3) is 0.294. The molecule has 6 heteroatoms. The van der Waals surface area contributed by atoms with Crippen LogP contribution in [0.5, 0.6) is 0 Å². The van der Waals surface area contributed by atoms with Crippen LogP contribution in [0.15, 0.2) is 35.8 Å². The molecule has 2 aromatic heterocycles. The van der Waals surface area contributed by atoms with Gasteiger partial charge < -0.3 is 9.88 Å². The second kappa shape index (κ2) is 6.61. The SMILES string of the molecule is Cl.N#CCCn1cc(-c2csc(NC3CC3)n2)c2ccccc21. The first-order chi connectivity index (χ1) is 10.8. The van der Waals surface area contributed by atoms with Gasteiger partial charge in [0.25, 0.3) is 0 Å². The van der Waals surface area contributed by atoms with E-state index >= 15 is 0 Å². The van der Waals surface area contributed by atoms with Crippen molar-refractivity contribution < 1.29 is 0 Å². The van der Waals surface area contributed by atoms with Gasteiger partial charge in [-0.05, 0) is 18.9 Å². The monoisotopic (exact) mass is 344 g/mol. The van der Waals surface area contributed by atoms with Crippen LogP contribution in [0, 0.1) is 11.3 Å². The van der Waals surface area contributed by atoms with Gasteiger partial charge in [-0.25, -0.2) is 4.98 Å². The average Bonchev–Trinajstić information content (AvgIpc) is 3.10. The molecule has 0 atom stereocenters. The minimum atomic E-state index is 0. The Balaban J connectivity index is 0.00000156. The Bertz CT molecular complexity index is 857. The fourth-order valence-electron chi connectivity index (χ4n) is 2.67. The van der Waals surface area contributed by atoms with Crippen LogP contribution in [-0.4, -0.2) is 15.6 Å². The summed E-state index contributed by atoms with van der Waals surface area (Å²) in [7, 11) is 0. The molecule has 4 nitrogen and oxygen atoms in total. The van der Waals surface area contributed by atoms with Crippen molar-refractivity contribution in [1.29, 1.82) is 5.26 Å². The van der Waals surface area contributed by atoms with E-state index in [1.54, 1.807) is 11.3 Å². The van der Waals surface area contributed by atoms with Crippen molar-refractivity contribution in [2.45, 2.75) is 31.8 Å². The van der Waals surface area contributed by atoms with E-state index in [4.69, 9.17) is 10.2 Å². The van der Waals surface area contributed by atoms with Gasteiger partial charge in [0.15, 0.2) is 5.13 Å². The van der Waals surface area contributed by atoms with Gasteiger partial charge in [0, 0.05) is 40.6 Å². The second-order valence-electron chi connectivity index (χ2n) is 5.62. The lowest BCUT2D eigenvalue weighted by Gasteiger charge is -2.00. The highest BCUT2D eigenvalue weighted by Crippen LogP contribution is 2.34. The van der Waals surface area contributed by atoms with Gasteiger partial charge in [-0.1, -0.05) is 18.2 Å². The maximum absolute atomic E-state index is 8.83. The standard InChI is InChI=1S/C17H16N4S.ClH/c18-8-3-9-21-10-14(13-4-1-2-5-16(13)21)15-11-22-17(20-15)19-12-6-7-12;/h1-2,4-5,10-12H,3,6-7,9H2,(H,19,20);1H. The zero-order valence-electron chi connectivity index (χ0n) is 12.5. The summed E-state index contributed by atoms with van der Waals surface area (Å²) in [4.78, 5) is 4.73. The van der Waals surface area contributed by atoms with Gasteiger partial charge in [-0.2, -0.15) is 5.26 Å². The minimum Gasteiger partial charge on any atom is -0.359 e. The average molecular weight is 345 g/mol. The molecule has 0 radical (unpaired) electrons. The van der Waals surface area contributed by atoms with Crippen LogP contribution in [0.3, 0.4) is 0 Å². The van der Waals surface area contributed by atoms with Crippen molar-refractivity contribution in [3.05, 3.63) is 35.8 Å². The topological polar surface area (TPSA) is 53.6 Å². The number of rotatable bonds is 5. The third-order valence-electron chi connectivity index (χ3n) is 3.94. The lowest BCUT2D eigenvalue weighted by atomic mass is 10.1. The molecule has 0 aliphatic heterocycles. The molecular formula is C17H17ClN4S. The predicted molar refractivity (Wildman–Crippen MR) is 97.2 cm³/mol. The quantitative estimate of drug-likeness (QED) is 0.731. The van der Waals surface area contributed by atoms with Crippen molar-refractivity contribution in [1.82, 2.24) is 9.55 Å². The third-order valence-corrected chi connectivity index (χ3v) is 4.71. The number of aromatic nitrogens is 2. The molecule has 1 aliphatic rings. The molecule has 1 aromatic carbocycles. The number of hydrogen-bond donors (Lipinski definition) is 1. The molecule has 118 valence electrons. The van der Waals surface area contributed by atoms with E-state index in [1.807, 2.05) is 6.07 Å². The number of benzene rings is 1. The second-order valence-corrected chi connectivity index (χ2v) is 6.48. The van der Waals surface area contributed by atoms with Gasteiger partial charge in [0.2, 0.25) is 0 Å². The maximum Gasteiger partial charge on any atom is 0.183 e. The van der Waals surface area contributed by atoms with E-state index in [0.717, 1.165) is 21.9 Å². The van der Waals surface area contributed by atoms with Gasteiger partial charge in [-0.3, -0.25) is 0 Å². The van der Waals surface area contributed by atoms with Crippen molar-refractivity contribution in [3.63, 3.8) is 0 Å². The lowest BCUT2D eigenvalue weighted by molar-refractivity contribution is 0.745. The van der Waals surface area contributed by atoms with Crippen molar-refractivity contribution >= 4 is 39.8 Å². The van der Waals surface area contributed by atoms with Crippen molar-refractivity contribution in [2.24, 2.45) is 0 Å². The fourth-order valence-corrected chi connectivity index (χ4v) is 3.46. The highest BCUT2D eigenvalue weighted by molar-refractivity contribution is 7.14. The van der Waals surface area contributed by atoms with Gasteiger partial charge in [0.1, 0.15) is 0 Å². The first kappa shape index (κ1) is 15.9.